The van der Waals surface area contributed by atoms with E-state index in [0.29, 0.717) is 22.7 Å². The molecule has 0 unspecified atom stereocenters. The van der Waals surface area contributed by atoms with Gasteiger partial charge in [0.05, 0.1) is 22.6 Å². The zero-order valence-corrected chi connectivity index (χ0v) is 20.3. The van der Waals surface area contributed by atoms with Crippen LogP contribution in [0.1, 0.15) is 51.3 Å². The largest absolute Gasteiger partial charge is 0.491 e. The highest BCUT2D eigenvalue weighted by atomic mass is 16.5. The molecule has 1 atom stereocenters. The molecule has 0 saturated heterocycles. The van der Waals surface area contributed by atoms with Gasteiger partial charge in [-0.2, -0.15) is 0 Å². The standard InChI is InChI=1S/C26H33N3O4/c1-15-11-20-19-9-10-27-16(2)23(19)24(30)28(6)21(20)13-22(15)33-14-18(12-17-7-8-17)29(25(31)32)26(3,4)5/h9-11,13,17-18H,7-8,12,14H2,1-6H3,(H,31,32)/t18-/m0/s1. The van der Waals surface area contributed by atoms with Gasteiger partial charge in [-0.1, -0.05) is 12.8 Å². The first-order valence-electron chi connectivity index (χ1n) is 11.5. The van der Waals surface area contributed by atoms with Gasteiger partial charge in [-0.3, -0.25) is 14.7 Å². The lowest BCUT2D eigenvalue weighted by molar-refractivity contribution is 0.0458. The van der Waals surface area contributed by atoms with E-state index in [-0.39, 0.29) is 18.2 Å². The Balaban J connectivity index is 1.73. The molecule has 1 aliphatic rings. The number of hydrogen-bond acceptors (Lipinski definition) is 4. The van der Waals surface area contributed by atoms with Crippen molar-refractivity contribution in [3.63, 3.8) is 0 Å². The van der Waals surface area contributed by atoms with Gasteiger partial charge in [-0.25, -0.2) is 4.79 Å². The second kappa shape index (κ2) is 8.36. The van der Waals surface area contributed by atoms with Crippen LogP contribution in [0.15, 0.2) is 29.2 Å². The van der Waals surface area contributed by atoms with E-state index in [2.05, 4.69) is 4.98 Å². The Morgan fingerprint density at radius 2 is 1.97 bits per heavy atom. The first-order valence-corrected chi connectivity index (χ1v) is 11.5. The van der Waals surface area contributed by atoms with Crippen molar-refractivity contribution in [1.82, 2.24) is 14.5 Å². The van der Waals surface area contributed by atoms with Gasteiger partial charge in [-0.05, 0) is 70.0 Å². The van der Waals surface area contributed by atoms with Gasteiger partial charge in [0.2, 0.25) is 0 Å². The Kier molecular flexibility index (Phi) is 5.85. The van der Waals surface area contributed by atoms with Crippen molar-refractivity contribution in [2.45, 2.75) is 65.5 Å². The Bertz CT molecular complexity index is 1280. The summed E-state index contributed by atoms with van der Waals surface area (Å²) in [5.41, 5.74) is 1.83. The topological polar surface area (TPSA) is 84.7 Å². The number of aromatic nitrogens is 2. The molecule has 0 bridgehead atoms. The van der Waals surface area contributed by atoms with E-state index in [1.165, 1.54) is 4.90 Å². The predicted molar refractivity (Wildman–Crippen MR) is 130 cm³/mol. The monoisotopic (exact) mass is 451 g/mol. The fraction of sp³-hybridized carbons (Fsp3) is 0.500. The summed E-state index contributed by atoms with van der Waals surface area (Å²) >= 11 is 0. The summed E-state index contributed by atoms with van der Waals surface area (Å²) in [7, 11) is 1.76. The number of ether oxygens (including phenoxy) is 1. The fourth-order valence-electron chi connectivity index (χ4n) is 4.83. The molecule has 7 nitrogen and oxygen atoms in total. The Labute approximate surface area is 194 Å². The molecule has 176 valence electrons. The van der Waals surface area contributed by atoms with Crippen molar-refractivity contribution in [2.24, 2.45) is 13.0 Å². The highest BCUT2D eigenvalue weighted by Crippen LogP contribution is 2.37. The maximum Gasteiger partial charge on any atom is 0.408 e. The molecule has 2 heterocycles. The lowest BCUT2D eigenvalue weighted by Gasteiger charge is -2.39. The Morgan fingerprint density at radius 3 is 2.58 bits per heavy atom. The molecule has 1 saturated carbocycles. The van der Waals surface area contributed by atoms with Crippen molar-refractivity contribution >= 4 is 27.8 Å². The first kappa shape index (κ1) is 23.1. The highest BCUT2D eigenvalue weighted by molar-refractivity contribution is 6.06. The van der Waals surface area contributed by atoms with Crippen LogP contribution in [-0.4, -0.2) is 43.8 Å². The van der Waals surface area contributed by atoms with Crippen LogP contribution in [0.2, 0.25) is 0 Å². The third kappa shape index (κ3) is 4.41. The summed E-state index contributed by atoms with van der Waals surface area (Å²) in [4.78, 5) is 31.0. The maximum absolute atomic E-state index is 13.0. The average Bonchev–Trinajstić information content (AvgIpc) is 3.53. The second-order valence-corrected chi connectivity index (χ2v) is 10.3. The summed E-state index contributed by atoms with van der Waals surface area (Å²) in [6.07, 6.45) is 3.89. The van der Waals surface area contributed by atoms with Crippen LogP contribution in [0.5, 0.6) is 5.75 Å². The molecule has 1 aromatic carbocycles. The number of pyridine rings is 2. The molecule has 33 heavy (non-hydrogen) atoms. The Hall–Kier alpha value is -3.09. The zero-order valence-electron chi connectivity index (χ0n) is 20.3. The van der Waals surface area contributed by atoms with Gasteiger partial charge in [0, 0.05) is 30.2 Å². The van der Waals surface area contributed by atoms with Gasteiger partial charge in [0.25, 0.3) is 5.56 Å². The number of amides is 1. The number of benzene rings is 1. The van der Waals surface area contributed by atoms with E-state index in [4.69, 9.17) is 4.74 Å². The summed E-state index contributed by atoms with van der Waals surface area (Å²) in [5, 5.41) is 12.4. The number of aryl methyl sites for hydroxylation is 3. The molecule has 4 rings (SSSR count). The third-order valence-corrected chi connectivity index (χ3v) is 6.63. The molecule has 0 spiro atoms. The van der Waals surface area contributed by atoms with Crippen LogP contribution in [0.3, 0.4) is 0 Å². The summed E-state index contributed by atoms with van der Waals surface area (Å²) in [6, 6.07) is 5.59. The summed E-state index contributed by atoms with van der Waals surface area (Å²) < 4.78 is 7.90. The smallest absolute Gasteiger partial charge is 0.408 e. The van der Waals surface area contributed by atoms with Crippen molar-refractivity contribution in [2.75, 3.05) is 6.61 Å². The first-order chi connectivity index (χ1) is 15.5. The van der Waals surface area contributed by atoms with Crippen LogP contribution < -0.4 is 10.3 Å². The average molecular weight is 452 g/mol. The van der Waals surface area contributed by atoms with Gasteiger partial charge in [-0.15, -0.1) is 0 Å². The van der Waals surface area contributed by atoms with Crippen LogP contribution in [0.4, 0.5) is 4.79 Å². The van der Waals surface area contributed by atoms with Crippen LogP contribution >= 0.6 is 0 Å². The quantitative estimate of drug-likeness (QED) is 0.532. The fourth-order valence-corrected chi connectivity index (χ4v) is 4.83. The molecular formula is C26H33N3O4. The molecule has 1 fully saturated rings. The third-order valence-electron chi connectivity index (χ3n) is 6.63. The molecule has 1 aliphatic carbocycles. The zero-order chi connectivity index (χ0) is 24.1. The molecule has 0 radical (unpaired) electrons. The van der Waals surface area contributed by atoms with Gasteiger partial charge >= 0.3 is 6.09 Å². The SMILES string of the molecule is Cc1cc2c3ccnc(C)c3c(=O)n(C)c2cc1OC[C@H](CC1CC1)N(C(=O)O)C(C)(C)C. The number of nitrogens with zero attached hydrogens (tertiary/aromatic N) is 3. The van der Waals surface area contributed by atoms with Gasteiger partial charge in [0.1, 0.15) is 12.4 Å². The van der Waals surface area contributed by atoms with E-state index < -0.39 is 11.6 Å². The highest BCUT2D eigenvalue weighted by Gasteiger charge is 2.37. The van der Waals surface area contributed by atoms with Crippen molar-refractivity contribution in [3.8, 4) is 5.75 Å². The minimum absolute atomic E-state index is 0.0886. The van der Waals surface area contributed by atoms with Crippen LogP contribution in [0, 0.1) is 19.8 Å². The number of fused-ring (bicyclic) bond motifs is 3. The van der Waals surface area contributed by atoms with Gasteiger partial charge < -0.3 is 14.4 Å². The predicted octanol–water partition coefficient (Wildman–Crippen LogP) is 5.03. The molecule has 1 N–H and O–H groups in total. The number of carbonyl (C=O) groups is 1. The lowest BCUT2D eigenvalue weighted by Crippen LogP contribution is -2.53. The normalized spacial score (nSPS) is 15.1. The minimum Gasteiger partial charge on any atom is -0.491 e. The van der Waals surface area contributed by atoms with Crippen LogP contribution in [0.25, 0.3) is 21.7 Å². The van der Waals surface area contributed by atoms with E-state index in [1.54, 1.807) is 17.8 Å². The molecular weight excluding hydrogens is 418 g/mol. The molecule has 1 amide bonds. The Morgan fingerprint density at radius 1 is 1.27 bits per heavy atom. The molecule has 3 aromatic rings. The number of carboxylic acid groups (broad SMARTS) is 1. The van der Waals surface area contributed by atoms with Crippen LogP contribution in [-0.2, 0) is 7.05 Å². The summed E-state index contributed by atoms with van der Waals surface area (Å²) in [6.45, 7) is 9.86. The lowest BCUT2D eigenvalue weighted by atomic mass is 10.0. The second-order valence-electron chi connectivity index (χ2n) is 10.3. The molecule has 2 aromatic heterocycles. The molecule has 0 aliphatic heterocycles. The summed E-state index contributed by atoms with van der Waals surface area (Å²) in [5.74, 6) is 1.23. The van der Waals surface area contributed by atoms with E-state index >= 15 is 0 Å². The van der Waals surface area contributed by atoms with Crippen molar-refractivity contribution in [3.05, 3.63) is 46.0 Å². The minimum atomic E-state index is -0.926. The van der Waals surface area contributed by atoms with Crippen molar-refractivity contribution < 1.29 is 14.6 Å². The number of hydrogen-bond donors (Lipinski definition) is 1. The van der Waals surface area contributed by atoms with Gasteiger partial charge in [0.15, 0.2) is 0 Å². The molecule has 7 heteroatoms. The number of rotatable bonds is 6. The van der Waals surface area contributed by atoms with E-state index in [0.717, 1.165) is 41.1 Å². The maximum atomic E-state index is 13.0. The van der Waals surface area contributed by atoms with E-state index in [1.807, 2.05) is 52.8 Å². The van der Waals surface area contributed by atoms with E-state index in [9.17, 15) is 14.7 Å². The van der Waals surface area contributed by atoms with Crippen molar-refractivity contribution in [1.29, 1.82) is 0 Å².